The molecule has 0 aliphatic rings. The van der Waals surface area contributed by atoms with E-state index < -0.39 is 0 Å². The summed E-state index contributed by atoms with van der Waals surface area (Å²) in [5, 5.41) is 0. The summed E-state index contributed by atoms with van der Waals surface area (Å²) in [6, 6.07) is 8.68. The first kappa shape index (κ1) is 36.0. The summed E-state index contributed by atoms with van der Waals surface area (Å²) in [7, 11) is 0. The van der Waals surface area contributed by atoms with Crippen molar-refractivity contribution in [2.75, 3.05) is 6.61 Å². The van der Waals surface area contributed by atoms with Crippen molar-refractivity contribution in [1.82, 2.24) is 0 Å². The fraction of sp³-hybridized carbons (Fsp3) is 0.842. The molecule has 0 saturated heterocycles. The van der Waals surface area contributed by atoms with Crippen molar-refractivity contribution in [3.05, 3.63) is 29.8 Å². The van der Waals surface area contributed by atoms with Gasteiger partial charge in [-0.1, -0.05) is 199 Å². The SMILES string of the molecule is CCCCCCCCCCCCCCCCCCCCCCCCCCCCCOc1ccc(CCC)cc1. The van der Waals surface area contributed by atoms with E-state index in [9.17, 15) is 0 Å². The van der Waals surface area contributed by atoms with Crippen LogP contribution in [0.25, 0.3) is 0 Å². The van der Waals surface area contributed by atoms with Crippen molar-refractivity contribution in [1.29, 1.82) is 0 Å². The maximum Gasteiger partial charge on any atom is 0.119 e. The smallest absolute Gasteiger partial charge is 0.119 e. The van der Waals surface area contributed by atoms with Crippen molar-refractivity contribution in [2.45, 2.75) is 200 Å². The van der Waals surface area contributed by atoms with Crippen LogP contribution in [0, 0.1) is 0 Å². The quantitative estimate of drug-likeness (QED) is 0.0847. The Kier molecular flexibility index (Phi) is 27.7. The number of hydrogen-bond donors (Lipinski definition) is 0. The zero-order chi connectivity index (χ0) is 27.9. The van der Waals surface area contributed by atoms with E-state index in [-0.39, 0.29) is 0 Å². The normalized spacial score (nSPS) is 11.3. The molecule has 0 saturated carbocycles. The first-order valence-electron chi connectivity index (χ1n) is 18.1. The van der Waals surface area contributed by atoms with Gasteiger partial charge in [-0.2, -0.15) is 0 Å². The third-order valence-corrected chi connectivity index (χ3v) is 8.48. The largest absolute Gasteiger partial charge is 0.494 e. The van der Waals surface area contributed by atoms with Gasteiger partial charge in [-0.25, -0.2) is 0 Å². The fourth-order valence-corrected chi connectivity index (χ4v) is 5.83. The van der Waals surface area contributed by atoms with Crippen LogP contribution < -0.4 is 4.74 Å². The monoisotopic (exact) mass is 543 g/mol. The molecule has 0 spiro atoms. The van der Waals surface area contributed by atoms with Gasteiger partial charge in [-0.3, -0.25) is 0 Å². The van der Waals surface area contributed by atoms with Gasteiger partial charge < -0.3 is 4.74 Å². The highest BCUT2D eigenvalue weighted by molar-refractivity contribution is 5.27. The van der Waals surface area contributed by atoms with Crippen molar-refractivity contribution in [3.63, 3.8) is 0 Å². The van der Waals surface area contributed by atoms with Gasteiger partial charge in [0.05, 0.1) is 6.61 Å². The number of benzene rings is 1. The molecule has 1 aromatic rings. The number of rotatable bonds is 31. The van der Waals surface area contributed by atoms with E-state index in [1.807, 2.05) is 0 Å². The number of aryl methyl sites for hydroxylation is 1. The molecule has 0 aromatic heterocycles. The summed E-state index contributed by atoms with van der Waals surface area (Å²) in [6.07, 6.45) is 41.4. The average molecular weight is 543 g/mol. The van der Waals surface area contributed by atoms with E-state index >= 15 is 0 Å². The molecule has 1 aromatic carbocycles. The molecule has 0 aliphatic heterocycles. The molecule has 0 fully saturated rings. The number of ether oxygens (including phenoxy) is 1. The second-order valence-corrected chi connectivity index (χ2v) is 12.4. The molecule has 39 heavy (non-hydrogen) atoms. The molecule has 1 nitrogen and oxygen atoms in total. The summed E-state index contributed by atoms with van der Waals surface area (Å²) in [5.41, 5.74) is 1.42. The Labute approximate surface area is 246 Å². The second kappa shape index (κ2) is 30.0. The molecule has 1 rings (SSSR count). The fourth-order valence-electron chi connectivity index (χ4n) is 5.83. The molecule has 0 aliphatic carbocycles. The lowest BCUT2D eigenvalue weighted by Gasteiger charge is -2.07. The Balaban J connectivity index is 1.67. The topological polar surface area (TPSA) is 9.23 Å². The Morgan fingerprint density at radius 1 is 0.359 bits per heavy atom. The van der Waals surface area contributed by atoms with E-state index in [0.29, 0.717) is 0 Å². The molecule has 0 bridgehead atoms. The van der Waals surface area contributed by atoms with Gasteiger partial charge in [-0.05, 0) is 30.5 Å². The number of unbranched alkanes of at least 4 members (excludes halogenated alkanes) is 26. The molecule has 0 radical (unpaired) electrons. The van der Waals surface area contributed by atoms with Crippen LogP contribution in [0.15, 0.2) is 24.3 Å². The zero-order valence-electron chi connectivity index (χ0n) is 26.9. The minimum absolute atomic E-state index is 0.868. The molecule has 0 heterocycles. The van der Waals surface area contributed by atoms with Gasteiger partial charge in [0.25, 0.3) is 0 Å². The minimum Gasteiger partial charge on any atom is -0.494 e. The van der Waals surface area contributed by atoms with Crippen molar-refractivity contribution in [2.24, 2.45) is 0 Å². The van der Waals surface area contributed by atoms with Crippen molar-refractivity contribution >= 4 is 0 Å². The first-order chi connectivity index (χ1) is 19.4. The zero-order valence-corrected chi connectivity index (χ0v) is 26.9. The molecule has 228 valence electrons. The minimum atomic E-state index is 0.868. The third kappa shape index (κ3) is 25.7. The maximum absolute atomic E-state index is 5.90. The molecule has 1 heteroatoms. The van der Waals surface area contributed by atoms with Gasteiger partial charge >= 0.3 is 0 Å². The maximum atomic E-state index is 5.90. The van der Waals surface area contributed by atoms with Gasteiger partial charge in [0.15, 0.2) is 0 Å². The molecular weight excluding hydrogens is 472 g/mol. The lowest BCUT2D eigenvalue weighted by Crippen LogP contribution is -1.97. The predicted molar refractivity (Wildman–Crippen MR) is 176 cm³/mol. The second-order valence-electron chi connectivity index (χ2n) is 12.4. The van der Waals surface area contributed by atoms with Crippen molar-refractivity contribution in [3.8, 4) is 5.75 Å². The molecule has 0 unspecified atom stereocenters. The summed E-state index contributed by atoms with van der Waals surface area (Å²) >= 11 is 0. The van der Waals surface area contributed by atoms with Crippen LogP contribution in [0.5, 0.6) is 5.75 Å². The van der Waals surface area contributed by atoms with E-state index in [2.05, 4.69) is 38.1 Å². The highest BCUT2D eigenvalue weighted by Crippen LogP contribution is 2.17. The molecule has 0 N–H and O–H groups in total. The summed E-state index contributed by atoms with van der Waals surface area (Å²) in [4.78, 5) is 0. The van der Waals surface area contributed by atoms with Crippen LogP contribution in [0.2, 0.25) is 0 Å². The lowest BCUT2D eigenvalue weighted by molar-refractivity contribution is 0.304. The molecular formula is C38H70O. The van der Waals surface area contributed by atoms with E-state index in [4.69, 9.17) is 4.74 Å². The van der Waals surface area contributed by atoms with Crippen LogP contribution in [0.1, 0.15) is 199 Å². The summed E-state index contributed by atoms with van der Waals surface area (Å²) in [6.45, 7) is 5.40. The summed E-state index contributed by atoms with van der Waals surface area (Å²) in [5.74, 6) is 1.03. The Morgan fingerprint density at radius 3 is 0.974 bits per heavy atom. The Bertz CT molecular complexity index is 577. The molecule has 0 amide bonds. The van der Waals surface area contributed by atoms with E-state index in [1.54, 1.807) is 0 Å². The van der Waals surface area contributed by atoms with Gasteiger partial charge in [-0.15, -0.1) is 0 Å². The van der Waals surface area contributed by atoms with Crippen LogP contribution in [0.3, 0.4) is 0 Å². The van der Waals surface area contributed by atoms with Crippen molar-refractivity contribution < 1.29 is 4.74 Å². The highest BCUT2D eigenvalue weighted by Gasteiger charge is 1.98. The Hall–Kier alpha value is -0.980. The predicted octanol–water partition coefficient (Wildman–Crippen LogP) is 13.6. The molecule has 0 atom stereocenters. The van der Waals surface area contributed by atoms with E-state index in [0.717, 1.165) is 12.4 Å². The van der Waals surface area contributed by atoms with Crippen LogP contribution in [0.4, 0.5) is 0 Å². The number of hydrogen-bond acceptors (Lipinski definition) is 1. The van der Waals surface area contributed by atoms with Crippen LogP contribution in [-0.4, -0.2) is 6.61 Å². The standard InChI is InChI=1S/C38H70O/c1-3-5-6-7-8-9-10-11-12-13-14-15-16-17-18-19-20-21-22-23-24-25-26-27-28-29-30-36-39-38-34-32-37(31-4-2)33-35-38/h32-35H,3-31,36H2,1-2H3. The lowest BCUT2D eigenvalue weighted by atomic mass is 10.0. The highest BCUT2D eigenvalue weighted by atomic mass is 16.5. The Morgan fingerprint density at radius 2 is 0.667 bits per heavy atom. The third-order valence-electron chi connectivity index (χ3n) is 8.48. The first-order valence-corrected chi connectivity index (χ1v) is 18.1. The van der Waals surface area contributed by atoms with Crippen LogP contribution in [-0.2, 0) is 6.42 Å². The van der Waals surface area contributed by atoms with Crippen LogP contribution >= 0.6 is 0 Å². The average Bonchev–Trinajstić information content (AvgIpc) is 2.95. The van der Waals surface area contributed by atoms with Gasteiger partial charge in [0.1, 0.15) is 5.75 Å². The van der Waals surface area contributed by atoms with Gasteiger partial charge in [0, 0.05) is 0 Å². The van der Waals surface area contributed by atoms with Gasteiger partial charge in [0.2, 0.25) is 0 Å². The van der Waals surface area contributed by atoms with E-state index in [1.165, 1.54) is 192 Å². The summed E-state index contributed by atoms with van der Waals surface area (Å²) < 4.78 is 5.90.